The highest BCUT2D eigenvalue weighted by Crippen LogP contribution is 2.36. The molecule has 11 heteroatoms. The molecule has 4 aliphatic carbocycles. The van der Waals surface area contributed by atoms with Gasteiger partial charge in [0.05, 0.1) is 50.1 Å². The summed E-state index contributed by atoms with van der Waals surface area (Å²) in [5, 5.41) is 0. The minimum absolute atomic E-state index is 0.00355. The Bertz CT molecular complexity index is 1310. The second-order valence-corrected chi connectivity index (χ2v) is 25.6. The molecule has 0 aromatic heterocycles. The highest BCUT2D eigenvalue weighted by atomic mass is 16.5. The lowest BCUT2D eigenvalue weighted by Crippen LogP contribution is -2.34. The predicted molar refractivity (Wildman–Crippen MR) is 320 cm³/mol. The standard InChI is InChI=1S/C67H123N3O8/c1-6-10-14-24-56-28-36-60(37-29-56)64(71)75-52-20-48-69(49-21-53-76-65(72)61-38-30-57(31-39-61)25-15-11-7-2)46-18-44-68(5)45-19-47-70(50-22-54-77-66(73)62-40-32-58(33-41-62)26-16-12-8-3)51-23-55-78-67(74)63-42-34-59(35-43-63)27-17-13-9-4/h56-63H,6-55H2,1-5H3. The summed E-state index contributed by atoms with van der Waals surface area (Å²) in [6.07, 6.45) is 43.1. The van der Waals surface area contributed by atoms with E-state index in [1.807, 2.05) is 0 Å². The molecule has 0 N–H and O–H groups in total. The zero-order valence-corrected chi connectivity index (χ0v) is 51.6. The van der Waals surface area contributed by atoms with E-state index in [4.69, 9.17) is 18.9 Å². The van der Waals surface area contributed by atoms with E-state index in [-0.39, 0.29) is 47.5 Å². The fourth-order valence-corrected chi connectivity index (χ4v) is 13.7. The zero-order valence-electron chi connectivity index (χ0n) is 51.6. The molecule has 0 atom stereocenters. The molecule has 0 saturated heterocycles. The fourth-order valence-electron chi connectivity index (χ4n) is 13.7. The summed E-state index contributed by atoms with van der Waals surface area (Å²) in [4.78, 5) is 59.8. The molecule has 4 saturated carbocycles. The average molecular weight is 1100 g/mol. The van der Waals surface area contributed by atoms with Gasteiger partial charge in [-0.05, 0) is 198 Å². The lowest BCUT2D eigenvalue weighted by molar-refractivity contribution is -0.151. The van der Waals surface area contributed by atoms with Crippen LogP contribution in [0.5, 0.6) is 0 Å². The topological polar surface area (TPSA) is 115 Å². The van der Waals surface area contributed by atoms with Crippen molar-refractivity contribution in [1.29, 1.82) is 0 Å². The van der Waals surface area contributed by atoms with E-state index in [1.165, 1.54) is 103 Å². The van der Waals surface area contributed by atoms with Crippen molar-refractivity contribution in [3.63, 3.8) is 0 Å². The Morgan fingerprint density at radius 3 is 0.731 bits per heavy atom. The smallest absolute Gasteiger partial charge is 0.308 e. The number of nitrogens with zero attached hydrogens (tertiary/aromatic N) is 3. The summed E-state index contributed by atoms with van der Waals surface area (Å²) < 4.78 is 23.6. The Hall–Kier alpha value is -2.24. The maximum absolute atomic E-state index is 13.1. The maximum Gasteiger partial charge on any atom is 0.308 e. The molecule has 78 heavy (non-hydrogen) atoms. The van der Waals surface area contributed by atoms with Crippen molar-refractivity contribution in [2.75, 3.05) is 85.8 Å². The highest BCUT2D eigenvalue weighted by molar-refractivity contribution is 5.73. The van der Waals surface area contributed by atoms with Gasteiger partial charge in [-0.3, -0.25) is 19.2 Å². The van der Waals surface area contributed by atoms with Crippen LogP contribution in [0.15, 0.2) is 0 Å². The van der Waals surface area contributed by atoms with E-state index in [0.29, 0.717) is 26.4 Å². The number of rotatable bonds is 44. The first-order valence-corrected chi connectivity index (χ1v) is 33.9. The van der Waals surface area contributed by atoms with Gasteiger partial charge in [0.1, 0.15) is 0 Å². The van der Waals surface area contributed by atoms with E-state index in [0.717, 1.165) is 217 Å². The van der Waals surface area contributed by atoms with E-state index in [9.17, 15) is 19.2 Å². The second kappa shape index (κ2) is 43.4. The number of ether oxygens (including phenoxy) is 4. The number of unbranched alkanes of at least 4 members (excludes halogenated alkanes) is 8. The molecule has 0 radical (unpaired) electrons. The molecule has 0 amide bonds. The van der Waals surface area contributed by atoms with Crippen molar-refractivity contribution in [3.05, 3.63) is 0 Å². The van der Waals surface area contributed by atoms with Crippen LogP contribution in [-0.4, -0.2) is 124 Å². The first-order chi connectivity index (χ1) is 38.1. The van der Waals surface area contributed by atoms with Crippen molar-refractivity contribution >= 4 is 23.9 Å². The van der Waals surface area contributed by atoms with E-state index < -0.39 is 0 Å². The summed E-state index contributed by atoms with van der Waals surface area (Å²) in [7, 11) is 2.22. The van der Waals surface area contributed by atoms with Gasteiger partial charge in [0.2, 0.25) is 0 Å². The molecule has 0 unspecified atom stereocenters. The molecule has 0 aromatic rings. The fraction of sp³-hybridized carbons (Fsp3) is 0.940. The first kappa shape index (κ1) is 68.3. The van der Waals surface area contributed by atoms with Crippen LogP contribution in [0, 0.1) is 47.3 Å². The minimum atomic E-state index is 0.00355. The molecule has 0 aromatic carbocycles. The van der Waals surface area contributed by atoms with Crippen molar-refractivity contribution in [2.24, 2.45) is 47.3 Å². The average Bonchev–Trinajstić information content (AvgIpc) is 3.46. The summed E-state index contributed by atoms with van der Waals surface area (Å²) >= 11 is 0. The van der Waals surface area contributed by atoms with Crippen molar-refractivity contribution in [2.45, 2.75) is 272 Å². The normalized spacial score (nSPS) is 23.9. The SMILES string of the molecule is CCCCCC1CCC(C(=O)OCCCN(CCCOC(=O)C2CCC(CCCCC)CC2)CCCN(C)CCCN(CCCOC(=O)C2CCC(CCCCC)CC2)CCCOC(=O)C2CCC(CCCCC)CC2)CC1. The quantitative estimate of drug-likeness (QED) is 0.0330. The number of esters is 4. The number of hydrogen-bond donors (Lipinski definition) is 0. The molecule has 0 bridgehead atoms. The first-order valence-electron chi connectivity index (χ1n) is 33.9. The number of carbonyl (C=O) groups is 4. The number of carbonyl (C=O) groups excluding carboxylic acids is 4. The third kappa shape index (κ3) is 30.2. The van der Waals surface area contributed by atoms with Crippen LogP contribution in [0.2, 0.25) is 0 Å². The van der Waals surface area contributed by atoms with Gasteiger partial charge in [-0.25, -0.2) is 0 Å². The van der Waals surface area contributed by atoms with Gasteiger partial charge in [0.25, 0.3) is 0 Å². The Balaban J connectivity index is 1.20. The zero-order chi connectivity index (χ0) is 55.8. The van der Waals surface area contributed by atoms with Crippen LogP contribution in [0.3, 0.4) is 0 Å². The Labute approximate surface area is 479 Å². The second-order valence-electron chi connectivity index (χ2n) is 25.6. The third-order valence-electron chi connectivity index (χ3n) is 19.1. The predicted octanol–water partition coefficient (Wildman–Crippen LogP) is 15.6. The van der Waals surface area contributed by atoms with Crippen LogP contribution < -0.4 is 0 Å². The van der Waals surface area contributed by atoms with Gasteiger partial charge in [0, 0.05) is 26.2 Å². The monoisotopic (exact) mass is 1100 g/mol. The van der Waals surface area contributed by atoms with Crippen molar-refractivity contribution in [1.82, 2.24) is 14.7 Å². The summed E-state index contributed by atoms with van der Waals surface area (Å²) in [6, 6.07) is 0. The largest absolute Gasteiger partial charge is 0.465 e. The van der Waals surface area contributed by atoms with Gasteiger partial charge in [0.15, 0.2) is 0 Å². The molecule has 11 nitrogen and oxygen atoms in total. The molecular weight excluding hydrogens is 975 g/mol. The minimum Gasteiger partial charge on any atom is -0.465 e. The Morgan fingerprint density at radius 2 is 0.513 bits per heavy atom. The van der Waals surface area contributed by atoms with Gasteiger partial charge in [-0.15, -0.1) is 0 Å². The molecule has 0 aliphatic heterocycles. The Morgan fingerprint density at radius 1 is 0.295 bits per heavy atom. The van der Waals surface area contributed by atoms with Crippen LogP contribution >= 0.6 is 0 Å². The van der Waals surface area contributed by atoms with Crippen molar-refractivity contribution in [3.8, 4) is 0 Å². The van der Waals surface area contributed by atoms with Crippen molar-refractivity contribution < 1.29 is 38.1 Å². The summed E-state index contributed by atoms with van der Waals surface area (Å²) in [6.45, 7) is 18.2. The molecule has 4 aliphatic rings. The summed E-state index contributed by atoms with van der Waals surface area (Å²) in [5.74, 6) is 3.36. The van der Waals surface area contributed by atoms with Crippen LogP contribution in [0.1, 0.15) is 272 Å². The van der Waals surface area contributed by atoms with Crippen LogP contribution in [-0.2, 0) is 38.1 Å². The lowest BCUT2D eigenvalue weighted by atomic mass is 9.80. The van der Waals surface area contributed by atoms with Gasteiger partial charge >= 0.3 is 23.9 Å². The molecular formula is C67H123N3O8. The lowest BCUT2D eigenvalue weighted by Gasteiger charge is -2.28. The molecule has 0 heterocycles. The van der Waals surface area contributed by atoms with E-state index in [2.05, 4.69) is 49.4 Å². The van der Waals surface area contributed by atoms with Gasteiger partial charge in [-0.2, -0.15) is 0 Å². The third-order valence-corrected chi connectivity index (χ3v) is 19.1. The summed E-state index contributed by atoms with van der Waals surface area (Å²) in [5.41, 5.74) is 0. The van der Waals surface area contributed by atoms with E-state index in [1.54, 1.807) is 0 Å². The molecule has 4 fully saturated rings. The molecule has 454 valence electrons. The van der Waals surface area contributed by atoms with Gasteiger partial charge in [-0.1, -0.05) is 130 Å². The number of hydrogen-bond acceptors (Lipinski definition) is 11. The van der Waals surface area contributed by atoms with Gasteiger partial charge < -0.3 is 33.6 Å². The van der Waals surface area contributed by atoms with Crippen LogP contribution in [0.4, 0.5) is 0 Å². The molecule has 0 spiro atoms. The Kier molecular flexibility index (Phi) is 38.0. The molecule has 4 rings (SSSR count). The highest BCUT2D eigenvalue weighted by Gasteiger charge is 2.31. The van der Waals surface area contributed by atoms with E-state index >= 15 is 0 Å². The maximum atomic E-state index is 13.1. The van der Waals surface area contributed by atoms with Crippen LogP contribution in [0.25, 0.3) is 0 Å².